The number of rotatable bonds is 3. The molecule has 4 nitrogen and oxygen atoms in total. The van der Waals surface area contributed by atoms with Crippen molar-refractivity contribution in [3.63, 3.8) is 0 Å². The van der Waals surface area contributed by atoms with E-state index in [4.69, 9.17) is 4.74 Å². The third-order valence-electron chi connectivity index (χ3n) is 5.64. The van der Waals surface area contributed by atoms with Crippen molar-refractivity contribution in [2.45, 2.75) is 55.7 Å². The second-order valence-corrected chi connectivity index (χ2v) is 8.52. The zero-order valence-corrected chi connectivity index (χ0v) is 14.8. The van der Waals surface area contributed by atoms with Gasteiger partial charge in [-0.15, -0.1) is 0 Å². The Morgan fingerprint density at radius 2 is 1.96 bits per heavy atom. The van der Waals surface area contributed by atoms with Crippen molar-refractivity contribution < 1.29 is 9.53 Å². The fourth-order valence-electron chi connectivity index (χ4n) is 4.16. The van der Waals surface area contributed by atoms with Crippen LogP contribution in [0.4, 0.5) is 4.79 Å². The van der Waals surface area contributed by atoms with Gasteiger partial charge in [-0.2, -0.15) is 11.8 Å². The van der Waals surface area contributed by atoms with E-state index >= 15 is 0 Å². The number of benzene rings is 1. The lowest BCUT2D eigenvalue weighted by Gasteiger charge is -2.39. The van der Waals surface area contributed by atoms with E-state index in [1.54, 1.807) is 0 Å². The van der Waals surface area contributed by atoms with Crippen molar-refractivity contribution in [2.24, 2.45) is 0 Å². The molecule has 1 aliphatic carbocycles. The van der Waals surface area contributed by atoms with Crippen molar-refractivity contribution >= 4 is 17.8 Å². The summed E-state index contributed by atoms with van der Waals surface area (Å²) in [5.41, 5.74) is 1.41. The Hall–Kier alpha value is -1.20. The molecule has 5 heteroatoms. The minimum Gasteiger partial charge on any atom is -0.374 e. The first-order valence-corrected chi connectivity index (χ1v) is 10.2. The second kappa shape index (κ2) is 6.96. The first-order valence-electron chi connectivity index (χ1n) is 9.06. The summed E-state index contributed by atoms with van der Waals surface area (Å²) in [7, 11) is 0. The second-order valence-electron chi connectivity index (χ2n) is 7.42. The van der Waals surface area contributed by atoms with Crippen molar-refractivity contribution in [3.8, 4) is 0 Å². The zero-order valence-electron chi connectivity index (χ0n) is 14.0. The van der Waals surface area contributed by atoms with Gasteiger partial charge in [0, 0.05) is 24.4 Å². The topological polar surface area (TPSA) is 50.4 Å². The smallest absolute Gasteiger partial charge is 0.315 e. The molecule has 1 saturated carbocycles. The van der Waals surface area contributed by atoms with Gasteiger partial charge in [0.25, 0.3) is 0 Å². The number of hydrogen-bond donors (Lipinski definition) is 2. The number of carbonyl (C=O) groups is 1. The molecule has 24 heavy (non-hydrogen) atoms. The maximum Gasteiger partial charge on any atom is 0.315 e. The molecule has 2 saturated heterocycles. The van der Waals surface area contributed by atoms with Crippen LogP contribution < -0.4 is 10.6 Å². The minimum absolute atomic E-state index is 0.000730. The number of hydrogen-bond acceptors (Lipinski definition) is 3. The number of urea groups is 1. The van der Waals surface area contributed by atoms with E-state index in [0.717, 1.165) is 44.5 Å². The summed E-state index contributed by atoms with van der Waals surface area (Å²) < 4.78 is 6.02. The highest BCUT2D eigenvalue weighted by atomic mass is 32.2. The van der Waals surface area contributed by atoms with E-state index in [2.05, 4.69) is 41.0 Å². The molecule has 3 aliphatic rings. The molecule has 0 radical (unpaired) electrons. The molecular weight excluding hydrogens is 320 g/mol. The number of ether oxygens (including phenoxy) is 1. The van der Waals surface area contributed by atoms with Gasteiger partial charge in [-0.25, -0.2) is 4.79 Å². The van der Waals surface area contributed by atoms with Crippen LogP contribution in [0.5, 0.6) is 0 Å². The van der Waals surface area contributed by atoms with Gasteiger partial charge >= 0.3 is 6.03 Å². The van der Waals surface area contributed by atoms with E-state index in [-0.39, 0.29) is 17.7 Å². The molecule has 2 N–H and O–H groups in total. The highest BCUT2D eigenvalue weighted by molar-refractivity contribution is 7.99. The summed E-state index contributed by atoms with van der Waals surface area (Å²) in [6.07, 6.45) is 5.11. The maximum atomic E-state index is 12.3. The third kappa shape index (κ3) is 3.57. The Kier molecular flexibility index (Phi) is 4.72. The van der Waals surface area contributed by atoms with Gasteiger partial charge in [0.1, 0.15) is 0 Å². The number of carbonyl (C=O) groups excluding carboxylic acids is 1. The molecule has 0 bridgehead atoms. The Morgan fingerprint density at radius 1 is 1.17 bits per heavy atom. The predicted molar refractivity (Wildman–Crippen MR) is 97.5 cm³/mol. The summed E-state index contributed by atoms with van der Waals surface area (Å²) in [4.78, 5) is 12.3. The van der Waals surface area contributed by atoms with Gasteiger partial charge in [0.2, 0.25) is 0 Å². The van der Waals surface area contributed by atoms with Gasteiger partial charge < -0.3 is 15.4 Å². The van der Waals surface area contributed by atoms with Crippen molar-refractivity contribution in [1.82, 2.24) is 10.6 Å². The summed E-state index contributed by atoms with van der Waals surface area (Å²) in [6.45, 7) is 0.769. The number of nitrogens with one attached hydrogen (secondary N) is 2. The van der Waals surface area contributed by atoms with Crippen LogP contribution in [-0.4, -0.2) is 41.8 Å². The largest absolute Gasteiger partial charge is 0.374 e. The zero-order chi connectivity index (χ0) is 16.4. The Balaban J connectivity index is 1.22. The monoisotopic (exact) mass is 346 g/mol. The van der Waals surface area contributed by atoms with E-state index < -0.39 is 0 Å². The summed E-state index contributed by atoms with van der Waals surface area (Å²) in [5.74, 6) is 2.86. The average Bonchev–Trinajstić information content (AvgIpc) is 2.99. The van der Waals surface area contributed by atoms with Gasteiger partial charge in [-0.05, 0) is 49.3 Å². The Bertz CT molecular complexity index is 568. The molecule has 2 heterocycles. The highest BCUT2D eigenvalue weighted by Crippen LogP contribution is 2.38. The number of thioether (sulfide) groups is 1. The quantitative estimate of drug-likeness (QED) is 0.883. The maximum absolute atomic E-state index is 12.3. The molecular formula is C19H26N2O2S. The Labute approximate surface area is 148 Å². The average molecular weight is 346 g/mol. The van der Waals surface area contributed by atoms with Crippen LogP contribution in [0.1, 0.15) is 43.6 Å². The molecule has 0 unspecified atom stereocenters. The SMILES string of the molecule is O=C(NC1CC(c2ccccc2)C1)N[C@@H]1CCO[C@@]2(CCSC2)C1. The van der Waals surface area contributed by atoms with Gasteiger partial charge in [0.15, 0.2) is 0 Å². The van der Waals surface area contributed by atoms with E-state index in [1.807, 2.05) is 11.8 Å². The Morgan fingerprint density at radius 3 is 2.71 bits per heavy atom. The first kappa shape index (κ1) is 16.3. The van der Waals surface area contributed by atoms with Crippen molar-refractivity contribution in [2.75, 3.05) is 18.1 Å². The predicted octanol–water partition coefficient (Wildman–Crippen LogP) is 3.29. The summed E-state index contributed by atoms with van der Waals surface area (Å²) in [6, 6.07) is 11.2. The summed E-state index contributed by atoms with van der Waals surface area (Å²) >= 11 is 1.97. The standard InChI is InChI=1S/C19H26N2O2S/c22-18(20-16-6-8-23-19(12-16)7-9-24-13-19)21-17-10-15(11-17)14-4-2-1-3-5-14/h1-5,15-17H,6-13H2,(H2,20,21,22)/t15?,16-,17?,19+/m1/s1. The van der Waals surface area contributed by atoms with Gasteiger partial charge in [0.05, 0.1) is 5.60 Å². The highest BCUT2D eigenvalue weighted by Gasteiger charge is 2.41. The third-order valence-corrected chi connectivity index (χ3v) is 6.86. The van der Waals surface area contributed by atoms with Crippen LogP contribution in [-0.2, 0) is 4.74 Å². The molecule has 130 valence electrons. The summed E-state index contributed by atoms with van der Waals surface area (Å²) in [5, 5.41) is 6.33. The van der Waals surface area contributed by atoms with E-state index in [1.165, 1.54) is 11.3 Å². The van der Waals surface area contributed by atoms with E-state index in [0.29, 0.717) is 12.0 Å². The lowest BCUT2D eigenvalue weighted by Crippen LogP contribution is -2.54. The minimum atomic E-state index is -0.000730. The van der Waals surface area contributed by atoms with Gasteiger partial charge in [-0.1, -0.05) is 30.3 Å². The fourth-order valence-corrected chi connectivity index (χ4v) is 5.54. The number of amides is 2. The molecule has 1 aromatic carbocycles. The van der Waals surface area contributed by atoms with E-state index in [9.17, 15) is 4.79 Å². The molecule has 2 amide bonds. The van der Waals surface area contributed by atoms with Crippen LogP contribution in [0, 0.1) is 0 Å². The molecule has 0 aromatic heterocycles. The lowest BCUT2D eigenvalue weighted by atomic mass is 9.76. The molecule has 1 aromatic rings. The fraction of sp³-hybridized carbons (Fsp3) is 0.632. The molecule has 2 aliphatic heterocycles. The lowest BCUT2D eigenvalue weighted by molar-refractivity contribution is -0.0685. The van der Waals surface area contributed by atoms with Crippen molar-refractivity contribution in [3.05, 3.63) is 35.9 Å². The first-order chi connectivity index (χ1) is 11.7. The van der Waals surface area contributed by atoms with Crippen LogP contribution in [0.25, 0.3) is 0 Å². The molecule has 1 spiro atoms. The normalized spacial score (nSPS) is 35.4. The molecule has 4 rings (SSSR count). The van der Waals surface area contributed by atoms with Crippen LogP contribution in [0.15, 0.2) is 30.3 Å². The molecule has 2 atom stereocenters. The van der Waals surface area contributed by atoms with Crippen molar-refractivity contribution in [1.29, 1.82) is 0 Å². The van der Waals surface area contributed by atoms with Gasteiger partial charge in [-0.3, -0.25) is 0 Å². The van der Waals surface area contributed by atoms with Crippen LogP contribution in [0.3, 0.4) is 0 Å². The van der Waals surface area contributed by atoms with Crippen LogP contribution >= 0.6 is 11.8 Å². The molecule has 3 fully saturated rings. The van der Waals surface area contributed by atoms with Crippen LogP contribution in [0.2, 0.25) is 0 Å².